The van der Waals surface area contributed by atoms with Gasteiger partial charge in [-0.05, 0) is 46.5 Å². The molecule has 2 aliphatic rings. The van der Waals surface area contributed by atoms with Gasteiger partial charge < -0.3 is 9.74 Å². The Balaban J connectivity index is 1.58. The molecule has 0 heterocycles. The first-order chi connectivity index (χ1) is 14.8. The first-order valence-electron chi connectivity index (χ1n) is 12.3. The molecule has 2 aromatic carbocycles. The van der Waals surface area contributed by atoms with Crippen molar-refractivity contribution in [3.8, 4) is 0 Å². The van der Waals surface area contributed by atoms with Crippen molar-refractivity contribution in [1.29, 1.82) is 0 Å². The number of hydrogen-bond acceptors (Lipinski definition) is 2. The lowest BCUT2D eigenvalue weighted by Gasteiger charge is -2.49. The predicted molar refractivity (Wildman–Crippen MR) is 135 cm³/mol. The molecule has 3 heteroatoms. The lowest BCUT2D eigenvalue weighted by atomic mass is 9.64. The van der Waals surface area contributed by atoms with Crippen LogP contribution >= 0.6 is 0 Å². The Morgan fingerprint density at radius 1 is 0.806 bits per heavy atom. The van der Waals surface area contributed by atoms with Crippen LogP contribution in [0.5, 0.6) is 0 Å². The Morgan fingerprint density at radius 2 is 1.32 bits per heavy atom. The van der Waals surface area contributed by atoms with Crippen molar-refractivity contribution in [2.24, 2.45) is 5.41 Å². The summed E-state index contributed by atoms with van der Waals surface area (Å²) in [6, 6.07) is 22.0. The third-order valence-corrected chi connectivity index (χ3v) is 13.4. The van der Waals surface area contributed by atoms with Gasteiger partial charge in [-0.25, -0.2) is 0 Å². The minimum absolute atomic E-state index is 0.0424. The highest BCUT2D eigenvalue weighted by atomic mass is 28.4. The average Bonchev–Trinajstić information content (AvgIpc) is 3.11. The summed E-state index contributed by atoms with van der Waals surface area (Å²) in [6.45, 7) is 11.3. The van der Waals surface area contributed by atoms with Gasteiger partial charge in [-0.1, -0.05) is 108 Å². The number of rotatable bonds is 7. The number of fused-ring (bicyclic) bond motifs is 1. The molecule has 2 nitrogen and oxygen atoms in total. The fourth-order valence-electron chi connectivity index (χ4n) is 6.70. The van der Waals surface area contributed by atoms with E-state index in [0.29, 0.717) is 11.0 Å². The van der Waals surface area contributed by atoms with Gasteiger partial charge >= 0.3 is 0 Å². The third kappa shape index (κ3) is 4.05. The molecule has 0 unspecified atom stereocenters. The lowest BCUT2D eigenvalue weighted by Crippen LogP contribution is -2.67. The summed E-state index contributed by atoms with van der Waals surface area (Å²) in [4.78, 5) is 0. The topological polar surface area (TPSA) is 21.3 Å². The number of benzene rings is 2. The van der Waals surface area contributed by atoms with E-state index in [1.807, 2.05) is 0 Å². The van der Waals surface area contributed by atoms with Crippen LogP contribution in [0.4, 0.5) is 0 Å². The van der Waals surface area contributed by atoms with E-state index in [9.17, 15) is 0 Å². The number of hydrogen-bond donors (Lipinski definition) is 1. The van der Waals surface area contributed by atoms with E-state index in [4.69, 9.17) is 4.43 Å². The van der Waals surface area contributed by atoms with Gasteiger partial charge in [-0.3, -0.25) is 0 Å². The molecule has 0 amide bonds. The van der Waals surface area contributed by atoms with E-state index in [0.717, 1.165) is 13.2 Å². The van der Waals surface area contributed by atoms with Crippen molar-refractivity contribution in [1.82, 2.24) is 5.32 Å². The molecule has 2 saturated carbocycles. The second-order valence-corrected chi connectivity index (χ2v) is 15.4. The van der Waals surface area contributed by atoms with E-state index in [1.165, 1.54) is 55.3 Å². The molecule has 1 N–H and O–H groups in total. The van der Waals surface area contributed by atoms with E-state index in [1.54, 1.807) is 0 Å². The highest BCUT2D eigenvalue weighted by Gasteiger charge is 2.53. The minimum Gasteiger partial charge on any atom is -0.406 e. The Labute approximate surface area is 190 Å². The van der Waals surface area contributed by atoms with Crippen LogP contribution in [-0.4, -0.2) is 27.0 Å². The summed E-state index contributed by atoms with van der Waals surface area (Å²) in [5.74, 6) is 0. The summed E-state index contributed by atoms with van der Waals surface area (Å²) in [6.07, 6.45) is 9.59. The molecule has 0 aromatic heterocycles. The van der Waals surface area contributed by atoms with Crippen molar-refractivity contribution in [3.63, 3.8) is 0 Å². The van der Waals surface area contributed by atoms with Crippen molar-refractivity contribution < 1.29 is 4.43 Å². The van der Waals surface area contributed by atoms with Crippen LogP contribution in [0.3, 0.4) is 0 Å². The van der Waals surface area contributed by atoms with E-state index in [-0.39, 0.29) is 5.04 Å². The highest BCUT2D eigenvalue weighted by Crippen LogP contribution is 2.54. The molecule has 4 rings (SSSR count). The molecule has 2 atom stereocenters. The Morgan fingerprint density at radius 3 is 1.90 bits per heavy atom. The van der Waals surface area contributed by atoms with E-state index in [2.05, 4.69) is 93.7 Å². The van der Waals surface area contributed by atoms with Crippen LogP contribution in [-0.2, 0) is 4.43 Å². The summed E-state index contributed by atoms with van der Waals surface area (Å²) in [5.41, 5.74) is 0.808. The van der Waals surface area contributed by atoms with Crippen molar-refractivity contribution >= 4 is 18.7 Å². The van der Waals surface area contributed by atoms with Gasteiger partial charge in [-0.2, -0.15) is 0 Å². The highest BCUT2D eigenvalue weighted by molar-refractivity contribution is 6.99. The smallest absolute Gasteiger partial charge is 0.261 e. The Hall–Kier alpha value is -1.42. The standard InChI is InChI=1S/C28H41NOSi/c1-26(2,3)31(24-14-7-5-8-15-24,25-16-9-6-10-17-25)30-23-22-29-28-20-12-11-18-27(28,4)19-13-21-28/h5-10,14-17,29H,11-13,18-23H2,1-4H3/t27-,28-/m0/s1. The van der Waals surface area contributed by atoms with Gasteiger partial charge in [0.1, 0.15) is 0 Å². The second-order valence-electron chi connectivity index (χ2n) is 11.1. The maximum atomic E-state index is 7.11. The molecule has 31 heavy (non-hydrogen) atoms. The van der Waals surface area contributed by atoms with E-state index < -0.39 is 8.32 Å². The summed E-state index contributed by atoms with van der Waals surface area (Å²) < 4.78 is 7.11. The van der Waals surface area contributed by atoms with Gasteiger partial charge in [0.25, 0.3) is 8.32 Å². The molecule has 2 aromatic rings. The fourth-order valence-corrected chi connectivity index (χ4v) is 11.3. The van der Waals surface area contributed by atoms with Crippen molar-refractivity contribution in [2.45, 2.75) is 83.2 Å². The van der Waals surface area contributed by atoms with Crippen LogP contribution in [0.15, 0.2) is 60.7 Å². The zero-order valence-corrected chi connectivity index (χ0v) is 21.0. The molecule has 0 radical (unpaired) electrons. The quantitative estimate of drug-likeness (QED) is 0.448. The molecule has 0 aliphatic heterocycles. The predicted octanol–water partition coefficient (Wildman–Crippen LogP) is 5.66. The molecule has 0 spiro atoms. The summed E-state index contributed by atoms with van der Waals surface area (Å²) in [7, 11) is -2.43. The average molecular weight is 436 g/mol. The van der Waals surface area contributed by atoms with Gasteiger partial charge in [0.2, 0.25) is 0 Å². The molecule has 2 aliphatic carbocycles. The normalized spacial score (nSPS) is 26.6. The van der Waals surface area contributed by atoms with Gasteiger partial charge in [0, 0.05) is 18.7 Å². The number of nitrogens with one attached hydrogen (secondary N) is 1. The summed E-state index contributed by atoms with van der Waals surface area (Å²) in [5, 5.41) is 6.85. The molecule has 168 valence electrons. The summed E-state index contributed by atoms with van der Waals surface area (Å²) >= 11 is 0. The Kier molecular flexibility index (Phi) is 6.49. The monoisotopic (exact) mass is 435 g/mol. The molecular weight excluding hydrogens is 394 g/mol. The zero-order valence-electron chi connectivity index (χ0n) is 20.0. The second kappa shape index (κ2) is 8.84. The molecular formula is C28H41NOSi. The SMILES string of the molecule is CC(C)(C)[Si](OCCN[C@]12CCCC[C@@]1(C)CCC2)(c1ccccc1)c1ccccc1. The van der Waals surface area contributed by atoms with Crippen LogP contribution in [0.25, 0.3) is 0 Å². The van der Waals surface area contributed by atoms with Crippen LogP contribution in [0.1, 0.15) is 72.6 Å². The first-order valence-corrected chi connectivity index (χ1v) is 14.2. The molecule has 0 bridgehead atoms. The zero-order chi connectivity index (χ0) is 22.0. The minimum atomic E-state index is -2.43. The largest absolute Gasteiger partial charge is 0.406 e. The van der Waals surface area contributed by atoms with Crippen LogP contribution in [0.2, 0.25) is 5.04 Å². The van der Waals surface area contributed by atoms with Crippen molar-refractivity contribution in [2.75, 3.05) is 13.2 Å². The Bertz CT molecular complexity index is 807. The van der Waals surface area contributed by atoms with Crippen LogP contribution in [0, 0.1) is 5.41 Å². The van der Waals surface area contributed by atoms with Crippen molar-refractivity contribution in [3.05, 3.63) is 60.7 Å². The van der Waals surface area contributed by atoms with Gasteiger partial charge in [-0.15, -0.1) is 0 Å². The fraction of sp³-hybridized carbons (Fsp3) is 0.571. The maximum Gasteiger partial charge on any atom is 0.261 e. The first kappa shape index (κ1) is 22.8. The maximum absolute atomic E-state index is 7.11. The molecule has 2 fully saturated rings. The molecule has 0 saturated heterocycles. The third-order valence-electron chi connectivity index (χ3n) is 8.37. The lowest BCUT2D eigenvalue weighted by molar-refractivity contribution is 0.0739. The van der Waals surface area contributed by atoms with Gasteiger partial charge in [0.15, 0.2) is 0 Å². The van der Waals surface area contributed by atoms with Crippen LogP contribution < -0.4 is 15.7 Å². The van der Waals surface area contributed by atoms with E-state index >= 15 is 0 Å². The van der Waals surface area contributed by atoms with Gasteiger partial charge in [0.05, 0.1) is 0 Å².